The maximum Gasteiger partial charge on any atom is 0.256 e. The zero-order valence-corrected chi connectivity index (χ0v) is 13.9. The van der Waals surface area contributed by atoms with E-state index in [1.54, 1.807) is 54.9 Å². The Labute approximate surface area is 150 Å². The van der Waals surface area contributed by atoms with Gasteiger partial charge in [-0.3, -0.25) is 9.59 Å². The van der Waals surface area contributed by atoms with Gasteiger partial charge in [-0.15, -0.1) is 0 Å². The number of pyridine rings is 1. The maximum absolute atomic E-state index is 12.4. The van der Waals surface area contributed by atoms with Gasteiger partial charge in [-0.05, 0) is 48.9 Å². The fourth-order valence-corrected chi connectivity index (χ4v) is 2.90. The van der Waals surface area contributed by atoms with Crippen molar-refractivity contribution in [3.05, 3.63) is 78.4 Å². The summed E-state index contributed by atoms with van der Waals surface area (Å²) in [6.45, 7) is 0. The Morgan fingerprint density at radius 1 is 1.04 bits per heavy atom. The molecule has 2 aromatic heterocycles. The lowest BCUT2D eigenvalue weighted by Gasteiger charge is -2.08. The fourth-order valence-electron chi connectivity index (χ4n) is 2.90. The van der Waals surface area contributed by atoms with Gasteiger partial charge in [0, 0.05) is 29.3 Å². The number of hydrogen-bond acceptors (Lipinski definition) is 4. The van der Waals surface area contributed by atoms with Crippen LogP contribution in [0.1, 0.15) is 28.5 Å². The molecule has 4 rings (SSSR count). The first-order chi connectivity index (χ1) is 12.7. The van der Waals surface area contributed by atoms with Crippen molar-refractivity contribution in [2.24, 2.45) is 5.92 Å². The Kier molecular flexibility index (Phi) is 4.23. The van der Waals surface area contributed by atoms with Gasteiger partial charge in [0.2, 0.25) is 5.91 Å². The van der Waals surface area contributed by atoms with E-state index in [0.717, 1.165) is 12.2 Å². The zero-order chi connectivity index (χ0) is 17.9. The third-order valence-corrected chi connectivity index (χ3v) is 4.33. The second kappa shape index (κ2) is 6.84. The molecule has 2 heterocycles. The van der Waals surface area contributed by atoms with Crippen molar-refractivity contribution in [3.8, 4) is 0 Å². The van der Waals surface area contributed by atoms with Gasteiger partial charge >= 0.3 is 0 Å². The molecule has 0 saturated heterocycles. The number of nitrogens with zero attached hydrogens (tertiary/aromatic N) is 1. The molecule has 0 bridgehead atoms. The number of anilines is 2. The van der Waals surface area contributed by atoms with Crippen LogP contribution in [0, 0.1) is 5.92 Å². The number of benzene rings is 1. The summed E-state index contributed by atoms with van der Waals surface area (Å²) < 4.78 is 5.36. The molecular formula is C20H17N3O3. The quantitative estimate of drug-likeness (QED) is 0.737. The van der Waals surface area contributed by atoms with Crippen LogP contribution in [-0.4, -0.2) is 16.8 Å². The van der Waals surface area contributed by atoms with Crippen LogP contribution >= 0.6 is 0 Å². The summed E-state index contributed by atoms with van der Waals surface area (Å²) in [5, 5.41) is 5.60. The molecule has 26 heavy (non-hydrogen) atoms. The molecular weight excluding hydrogens is 330 g/mol. The molecule has 0 radical (unpaired) electrons. The highest BCUT2D eigenvalue weighted by molar-refractivity contribution is 6.05. The van der Waals surface area contributed by atoms with Gasteiger partial charge in [-0.1, -0.05) is 12.1 Å². The Morgan fingerprint density at radius 2 is 1.96 bits per heavy atom. The molecule has 2 N–H and O–H groups in total. The van der Waals surface area contributed by atoms with Gasteiger partial charge in [0.1, 0.15) is 11.6 Å². The molecule has 1 fully saturated rings. The van der Waals surface area contributed by atoms with Crippen molar-refractivity contribution in [1.29, 1.82) is 0 Å². The van der Waals surface area contributed by atoms with E-state index < -0.39 is 0 Å². The molecule has 6 nitrogen and oxygen atoms in total. The van der Waals surface area contributed by atoms with Crippen LogP contribution in [0.2, 0.25) is 0 Å². The number of rotatable bonds is 5. The van der Waals surface area contributed by atoms with E-state index in [1.165, 1.54) is 0 Å². The smallest absolute Gasteiger partial charge is 0.256 e. The van der Waals surface area contributed by atoms with E-state index >= 15 is 0 Å². The average Bonchev–Trinajstić information content (AvgIpc) is 3.28. The molecule has 2 atom stereocenters. The Bertz CT molecular complexity index is 922. The summed E-state index contributed by atoms with van der Waals surface area (Å²) in [5.74, 6) is 1.03. The molecule has 0 aliphatic heterocycles. The van der Waals surface area contributed by atoms with Crippen LogP contribution in [0.5, 0.6) is 0 Å². The van der Waals surface area contributed by atoms with Crippen LogP contribution < -0.4 is 10.6 Å². The second-order valence-corrected chi connectivity index (χ2v) is 6.20. The summed E-state index contributed by atoms with van der Waals surface area (Å²) in [6, 6.07) is 15.8. The summed E-state index contributed by atoms with van der Waals surface area (Å²) in [6.07, 6.45) is 4.00. The predicted octanol–water partition coefficient (Wildman–Crippen LogP) is 3.67. The van der Waals surface area contributed by atoms with Gasteiger partial charge in [-0.2, -0.15) is 0 Å². The normalized spacial score (nSPS) is 18.2. The first kappa shape index (κ1) is 16.1. The lowest BCUT2D eigenvalue weighted by molar-refractivity contribution is -0.117. The lowest BCUT2D eigenvalue weighted by atomic mass is 10.1. The lowest BCUT2D eigenvalue weighted by Crippen LogP contribution is -2.16. The SMILES string of the molecule is O=C(Nc1ccccn1)c1cccc(NC(=O)[C@H]2C[C@@H]2c2ccco2)c1. The number of carbonyl (C=O) groups excluding carboxylic acids is 2. The van der Waals surface area contributed by atoms with Gasteiger partial charge in [0.25, 0.3) is 5.91 Å². The number of amides is 2. The summed E-state index contributed by atoms with van der Waals surface area (Å²) >= 11 is 0. The summed E-state index contributed by atoms with van der Waals surface area (Å²) in [7, 11) is 0. The van der Waals surface area contributed by atoms with Crippen LogP contribution in [0.25, 0.3) is 0 Å². The maximum atomic E-state index is 12.4. The van der Waals surface area contributed by atoms with Crippen LogP contribution in [0.4, 0.5) is 11.5 Å². The van der Waals surface area contributed by atoms with Gasteiger partial charge in [-0.25, -0.2) is 4.98 Å². The second-order valence-electron chi connectivity index (χ2n) is 6.20. The third kappa shape index (κ3) is 3.49. The first-order valence-corrected chi connectivity index (χ1v) is 8.37. The minimum atomic E-state index is -0.278. The molecule has 0 spiro atoms. The van der Waals surface area contributed by atoms with E-state index in [0.29, 0.717) is 17.1 Å². The number of carbonyl (C=O) groups is 2. The third-order valence-electron chi connectivity index (χ3n) is 4.33. The monoisotopic (exact) mass is 347 g/mol. The fraction of sp³-hybridized carbons (Fsp3) is 0.150. The first-order valence-electron chi connectivity index (χ1n) is 8.37. The van der Waals surface area contributed by atoms with Gasteiger partial charge in [0.05, 0.1) is 6.26 Å². The van der Waals surface area contributed by atoms with Gasteiger partial charge < -0.3 is 15.1 Å². The minimum absolute atomic E-state index is 0.0614. The van der Waals surface area contributed by atoms with E-state index in [2.05, 4.69) is 15.6 Å². The van der Waals surface area contributed by atoms with Crippen molar-refractivity contribution in [1.82, 2.24) is 4.98 Å². The Hall–Kier alpha value is -3.41. The van der Waals surface area contributed by atoms with Crippen LogP contribution in [-0.2, 0) is 4.79 Å². The molecule has 1 aliphatic carbocycles. The molecule has 130 valence electrons. The Morgan fingerprint density at radius 3 is 2.73 bits per heavy atom. The van der Waals surface area contributed by atoms with E-state index in [-0.39, 0.29) is 23.7 Å². The van der Waals surface area contributed by atoms with Crippen molar-refractivity contribution in [2.75, 3.05) is 10.6 Å². The molecule has 6 heteroatoms. The molecule has 0 unspecified atom stereocenters. The standard InChI is InChI=1S/C20H17N3O3/c24-19(23-18-8-1-2-9-21-18)13-5-3-6-14(11-13)22-20(25)16-12-15(16)17-7-4-10-26-17/h1-11,15-16H,12H2,(H,22,25)(H,21,23,24)/t15-,16-/m0/s1. The molecule has 1 aromatic carbocycles. The average molecular weight is 347 g/mol. The number of furan rings is 1. The van der Waals surface area contributed by atoms with Crippen molar-refractivity contribution in [2.45, 2.75) is 12.3 Å². The zero-order valence-electron chi connectivity index (χ0n) is 13.9. The minimum Gasteiger partial charge on any atom is -0.469 e. The highest BCUT2D eigenvalue weighted by Crippen LogP contribution is 2.48. The molecule has 2 amide bonds. The van der Waals surface area contributed by atoms with E-state index in [1.807, 2.05) is 12.1 Å². The van der Waals surface area contributed by atoms with Crippen LogP contribution in [0.15, 0.2) is 71.5 Å². The largest absolute Gasteiger partial charge is 0.469 e. The molecule has 1 saturated carbocycles. The van der Waals surface area contributed by atoms with Crippen molar-refractivity contribution >= 4 is 23.3 Å². The number of aromatic nitrogens is 1. The molecule has 3 aromatic rings. The van der Waals surface area contributed by atoms with Gasteiger partial charge in [0.15, 0.2) is 0 Å². The topological polar surface area (TPSA) is 84.2 Å². The summed E-state index contributed by atoms with van der Waals surface area (Å²) in [5.41, 5.74) is 1.04. The van der Waals surface area contributed by atoms with E-state index in [9.17, 15) is 9.59 Å². The van der Waals surface area contributed by atoms with E-state index in [4.69, 9.17) is 4.42 Å². The van der Waals surface area contributed by atoms with Crippen molar-refractivity contribution < 1.29 is 14.0 Å². The molecule has 1 aliphatic rings. The highest BCUT2D eigenvalue weighted by Gasteiger charge is 2.45. The summed E-state index contributed by atoms with van der Waals surface area (Å²) in [4.78, 5) is 28.8. The Balaban J connectivity index is 1.40. The number of nitrogens with one attached hydrogen (secondary N) is 2. The van der Waals surface area contributed by atoms with Crippen molar-refractivity contribution in [3.63, 3.8) is 0 Å². The highest BCUT2D eigenvalue weighted by atomic mass is 16.3. The predicted molar refractivity (Wildman–Crippen MR) is 96.8 cm³/mol. The van der Waals surface area contributed by atoms with Crippen LogP contribution in [0.3, 0.4) is 0 Å². The number of hydrogen-bond donors (Lipinski definition) is 2.